The number of carbonyl (C=O) groups is 2. The van der Waals surface area contributed by atoms with Crippen LogP contribution in [0.2, 0.25) is 0 Å². The second-order valence-electron chi connectivity index (χ2n) is 3.81. The SMILES string of the molecule is CN(C)C(=O)c1cccc(C(=O)N(C)C)n1. The molecular formula is C11H15N3O2. The molecule has 0 aliphatic heterocycles. The van der Waals surface area contributed by atoms with Gasteiger partial charge in [-0.3, -0.25) is 9.59 Å². The first-order valence-electron chi connectivity index (χ1n) is 4.84. The minimum absolute atomic E-state index is 0.214. The number of carbonyl (C=O) groups excluding carboxylic acids is 2. The van der Waals surface area contributed by atoms with Crippen molar-refractivity contribution < 1.29 is 9.59 Å². The molecule has 0 atom stereocenters. The topological polar surface area (TPSA) is 53.5 Å². The summed E-state index contributed by atoms with van der Waals surface area (Å²) in [5.74, 6) is -0.429. The van der Waals surface area contributed by atoms with Crippen LogP contribution in [0.25, 0.3) is 0 Å². The van der Waals surface area contributed by atoms with Crippen LogP contribution in [0.1, 0.15) is 21.0 Å². The maximum Gasteiger partial charge on any atom is 0.271 e. The fourth-order valence-corrected chi connectivity index (χ4v) is 1.13. The van der Waals surface area contributed by atoms with Crippen LogP contribution in [0.4, 0.5) is 0 Å². The molecule has 16 heavy (non-hydrogen) atoms. The molecule has 5 nitrogen and oxygen atoms in total. The van der Waals surface area contributed by atoms with Crippen molar-refractivity contribution in [2.75, 3.05) is 28.2 Å². The summed E-state index contributed by atoms with van der Waals surface area (Å²) in [5, 5.41) is 0. The van der Waals surface area contributed by atoms with E-state index in [9.17, 15) is 9.59 Å². The number of nitrogens with zero attached hydrogens (tertiary/aromatic N) is 3. The molecule has 0 saturated heterocycles. The smallest absolute Gasteiger partial charge is 0.271 e. The summed E-state index contributed by atoms with van der Waals surface area (Å²) in [6.45, 7) is 0. The average Bonchev–Trinajstić information content (AvgIpc) is 2.26. The Morgan fingerprint density at radius 2 is 1.31 bits per heavy atom. The van der Waals surface area contributed by atoms with Crippen molar-refractivity contribution in [2.24, 2.45) is 0 Å². The van der Waals surface area contributed by atoms with Gasteiger partial charge in [0.1, 0.15) is 11.4 Å². The number of hydrogen-bond acceptors (Lipinski definition) is 3. The van der Waals surface area contributed by atoms with Crippen molar-refractivity contribution in [3.05, 3.63) is 29.6 Å². The van der Waals surface area contributed by atoms with E-state index in [2.05, 4.69) is 4.98 Å². The van der Waals surface area contributed by atoms with Crippen molar-refractivity contribution in [3.63, 3.8) is 0 Å². The van der Waals surface area contributed by atoms with E-state index < -0.39 is 0 Å². The van der Waals surface area contributed by atoms with Gasteiger partial charge in [0.25, 0.3) is 11.8 Å². The molecule has 0 N–H and O–H groups in total. The highest BCUT2D eigenvalue weighted by Crippen LogP contribution is 2.03. The molecule has 0 radical (unpaired) electrons. The predicted octanol–water partition coefficient (Wildman–Crippen LogP) is 0.485. The van der Waals surface area contributed by atoms with E-state index in [1.54, 1.807) is 46.4 Å². The van der Waals surface area contributed by atoms with E-state index in [4.69, 9.17) is 0 Å². The Bertz CT molecular complexity index is 378. The number of pyridine rings is 1. The van der Waals surface area contributed by atoms with E-state index >= 15 is 0 Å². The lowest BCUT2D eigenvalue weighted by Gasteiger charge is -2.12. The van der Waals surface area contributed by atoms with Gasteiger partial charge in [0.05, 0.1) is 0 Å². The van der Waals surface area contributed by atoms with Crippen LogP contribution >= 0.6 is 0 Å². The lowest BCUT2D eigenvalue weighted by molar-refractivity contribution is 0.0815. The Labute approximate surface area is 94.7 Å². The largest absolute Gasteiger partial charge is 0.343 e. The maximum absolute atomic E-state index is 11.6. The predicted molar refractivity (Wildman–Crippen MR) is 60.3 cm³/mol. The molecule has 0 fully saturated rings. The molecule has 0 spiro atoms. The number of rotatable bonds is 2. The summed E-state index contributed by atoms with van der Waals surface area (Å²) in [5.41, 5.74) is 0.551. The van der Waals surface area contributed by atoms with Gasteiger partial charge in [0, 0.05) is 28.2 Å². The highest BCUT2D eigenvalue weighted by molar-refractivity contribution is 5.95. The average molecular weight is 221 g/mol. The van der Waals surface area contributed by atoms with Crippen LogP contribution in [0, 0.1) is 0 Å². The first kappa shape index (κ1) is 12.2. The molecule has 1 heterocycles. The van der Waals surface area contributed by atoms with Gasteiger partial charge in [-0.1, -0.05) is 6.07 Å². The standard InChI is InChI=1S/C11H15N3O2/c1-13(2)10(15)8-6-5-7-9(12-8)11(16)14(3)4/h5-7H,1-4H3. The van der Waals surface area contributed by atoms with Gasteiger partial charge in [-0.25, -0.2) is 4.98 Å². The minimum Gasteiger partial charge on any atom is -0.343 e. The van der Waals surface area contributed by atoms with Gasteiger partial charge in [-0.15, -0.1) is 0 Å². The summed E-state index contributed by atoms with van der Waals surface area (Å²) in [7, 11) is 6.57. The minimum atomic E-state index is -0.214. The monoisotopic (exact) mass is 221 g/mol. The van der Waals surface area contributed by atoms with Crippen molar-refractivity contribution in [3.8, 4) is 0 Å². The third-order valence-electron chi connectivity index (χ3n) is 2.00. The van der Waals surface area contributed by atoms with Crippen LogP contribution in [-0.2, 0) is 0 Å². The lowest BCUT2D eigenvalue weighted by Crippen LogP contribution is -2.26. The maximum atomic E-state index is 11.6. The molecule has 5 heteroatoms. The lowest BCUT2D eigenvalue weighted by atomic mass is 10.2. The molecule has 1 aromatic heterocycles. The highest BCUT2D eigenvalue weighted by Gasteiger charge is 2.14. The number of aromatic nitrogens is 1. The van der Waals surface area contributed by atoms with Gasteiger partial charge in [0.15, 0.2) is 0 Å². The molecular weight excluding hydrogens is 206 g/mol. The normalized spacial score (nSPS) is 9.75. The van der Waals surface area contributed by atoms with Gasteiger partial charge < -0.3 is 9.80 Å². The van der Waals surface area contributed by atoms with E-state index in [-0.39, 0.29) is 23.2 Å². The summed E-state index contributed by atoms with van der Waals surface area (Å²) in [6, 6.07) is 4.84. The van der Waals surface area contributed by atoms with Crippen molar-refractivity contribution in [1.82, 2.24) is 14.8 Å². The molecule has 0 aromatic carbocycles. The van der Waals surface area contributed by atoms with Crippen LogP contribution in [0.5, 0.6) is 0 Å². The molecule has 0 bridgehead atoms. The molecule has 1 aromatic rings. The first-order valence-corrected chi connectivity index (χ1v) is 4.84. The third kappa shape index (κ3) is 2.56. The zero-order chi connectivity index (χ0) is 12.3. The van der Waals surface area contributed by atoms with Crippen molar-refractivity contribution >= 4 is 11.8 Å². The Balaban J connectivity index is 3.05. The van der Waals surface area contributed by atoms with Gasteiger partial charge >= 0.3 is 0 Å². The first-order chi connectivity index (χ1) is 7.43. The van der Waals surface area contributed by atoms with Gasteiger partial charge in [0.2, 0.25) is 0 Å². The van der Waals surface area contributed by atoms with Gasteiger partial charge in [-0.2, -0.15) is 0 Å². The van der Waals surface area contributed by atoms with E-state index in [0.717, 1.165) is 0 Å². The van der Waals surface area contributed by atoms with Crippen LogP contribution in [0.15, 0.2) is 18.2 Å². The third-order valence-corrected chi connectivity index (χ3v) is 2.00. The van der Waals surface area contributed by atoms with Crippen molar-refractivity contribution in [2.45, 2.75) is 0 Å². The Hall–Kier alpha value is -1.91. The van der Waals surface area contributed by atoms with Crippen LogP contribution in [-0.4, -0.2) is 54.8 Å². The molecule has 1 rings (SSSR count). The fourth-order valence-electron chi connectivity index (χ4n) is 1.13. The molecule has 0 saturated carbocycles. The Morgan fingerprint density at radius 1 is 0.938 bits per heavy atom. The quantitative estimate of drug-likeness (QED) is 0.730. The Kier molecular flexibility index (Phi) is 3.60. The summed E-state index contributed by atoms with van der Waals surface area (Å²) in [4.78, 5) is 30.1. The van der Waals surface area contributed by atoms with Crippen LogP contribution in [0.3, 0.4) is 0 Å². The molecule has 0 unspecified atom stereocenters. The zero-order valence-corrected chi connectivity index (χ0v) is 9.89. The second-order valence-corrected chi connectivity index (χ2v) is 3.81. The van der Waals surface area contributed by atoms with E-state index in [0.29, 0.717) is 0 Å². The molecule has 2 amide bonds. The highest BCUT2D eigenvalue weighted by atomic mass is 16.2. The van der Waals surface area contributed by atoms with E-state index in [1.807, 2.05) is 0 Å². The second kappa shape index (κ2) is 4.74. The molecule has 86 valence electrons. The number of hydrogen-bond donors (Lipinski definition) is 0. The molecule has 0 aliphatic rings. The van der Waals surface area contributed by atoms with Crippen molar-refractivity contribution in [1.29, 1.82) is 0 Å². The Morgan fingerprint density at radius 3 is 1.62 bits per heavy atom. The molecule has 0 aliphatic carbocycles. The number of amides is 2. The van der Waals surface area contributed by atoms with Crippen LogP contribution < -0.4 is 0 Å². The zero-order valence-electron chi connectivity index (χ0n) is 9.89. The van der Waals surface area contributed by atoms with Gasteiger partial charge in [-0.05, 0) is 12.1 Å². The van der Waals surface area contributed by atoms with E-state index in [1.165, 1.54) is 9.80 Å². The summed E-state index contributed by atoms with van der Waals surface area (Å²) < 4.78 is 0. The fraction of sp³-hybridized carbons (Fsp3) is 0.364. The summed E-state index contributed by atoms with van der Waals surface area (Å²) >= 11 is 0. The summed E-state index contributed by atoms with van der Waals surface area (Å²) in [6.07, 6.45) is 0.